The molecule has 0 bridgehead atoms. The van der Waals surface area contributed by atoms with Crippen molar-refractivity contribution in [2.45, 2.75) is 0 Å². The van der Waals surface area contributed by atoms with Crippen molar-refractivity contribution in [1.29, 1.82) is 5.26 Å². The van der Waals surface area contributed by atoms with Gasteiger partial charge in [0, 0.05) is 11.0 Å². The molecule has 0 aliphatic heterocycles. The summed E-state index contributed by atoms with van der Waals surface area (Å²) in [7, 11) is 0. The van der Waals surface area contributed by atoms with Crippen molar-refractivity contribution in [3.05, 3.63) is 70.4 Å². The van der Waals surface area contributed by atoms with Gasteiger partial charge in [-0.3, -0.25) is 10.1 Å². The van der Waals surface area contributed by atoms with Gasteiger partial charge in [-0.25, -0.2) is 4.98 Å². The minimum Gasteiger partial charge on any atom is -0.492 e. The summed E-state index contributed by atoms with van der Waals surface area (Å²) in [5.41, 5.74) is 1.01. The van der Waals surface area contributed by atoms with Crippen LogP contribution in [0, 0.1) is 21.4 Å². The molecule has 0 saturated heterocycles. The molecule has 0 fully saturated rings. The van der Waals surface area contributed by atoms with Gasteiger partial charge in [-0.15, -0.1) is 0 Å². The van der Waals surface area contributed by atoms with Gasteiger partial charge in [-0.2, -0.15) is 10.2 Å². The lowest BCUT2D eigenvalue weighted by Gasteiger charge is -2.11. The number of hydrogen-bond acceptors (Lipinski definition) is 8. The van der Waals surface area contributed by atoms with Crippen LogP contribution in [0.5, 0.6) is 5.75 Å². The number of para-hydroxylation sites is 1. The number of halogens is 1. The van der Waals surface area contributed by atoms with E-state index in [2.05, 4.69) is 36.5 Å². The molecular formula is C19H15BrN6O3. The largest absolute Gasteiger partial charge is 0.492 e. The van der Waals surface area contributed by atoms with E-state index in [0.29, 0.717) is 17.7 Å². The average Bonchev–Trinajstić information content (AvgIpc) is 2.74. The van der Waals surface area contributed by atoms with Crippen LogP contribution in [0.15, 0.2) is 54.7 Å². The molecule has 146 valence electrons. The Morgan fingerprint density at radius 1 is 1.21 bits per heavy atom. The molecule has 0 unspecified atom stereocenters. The summed E-state index contributed by atoms with van der Waals surface area (Å²) in [6, 6.07) is 15.7. The summed E-state index contributed by atoms with van der Waals surface area (Å²) in [6.45, 7) is 0.386. The molecule has 3 rings (SSSR count). The van der Waals surface area contributed by atoms with Gasteiger partial charge in [0.25, 0.3) is 5.69 Å². The minimum absolute atomic E-state index is 0.111. The summed E-state index contributed by atoms with van der Waals surface area (Å²) in [5.74, 6) is 0.782. The lowest BCUT2D eigenvalue weighted by atomic mass is 10.2. The number of benzene rings is 2. The quantitative estimate of drug-likeness (QED) is 0.289. The van der Waals surface area contributed by atoms with E-state index in [1.54, 1.807) is 6.07 Å². The Morgan fingerprint density at radius 2 is 2.00 bits per heavy atom. The molecule has 3 aromatic rings. The summed E-state index contributed by atoms with van der Waals surface area (Å²) in [6.07, 6.45) is 1.35. The van der Waals surface area contributed by atoms with Crippen LogP contribution in [0.1, 0.15) is 5.56 Å². The highest BCUT2D eigenvalue weighted by Gasteiger charge is 2.17. The molecule has 0 atom stereocenters. The molecule has 2 N–H and O–H groups in total. The fourth-order valence-corrected chi connectivity index (χ4v) is 2.57. The Balaban J connectivity index is 1.89. The molecule has 9 nitrogen and oxygen atoms in total. The Kier molecular flexibility index (Phi) is 6.55. The van der Waals surface area contributed by atoms with Crippen molar-refractivity contribution in [2.75, 3.05) is 22.6 Å². The number of rotatable bonds is 8. The van der Waals surface area contributed by atoms with Gasteiger partial charge in [0.15, 0.2) is 5.82 Å². The molecule has 0 saturated carbocycles. The number of nitriles is 1. The van der Waals surface area contributed by atoms with Crippen molar-refractivity contribution in [1.82, 2.24) is 9.97 Å². The maximum Gasteiger partial charge on any atom is 0.296 e. The Bertz CT molecular complexity index is 1060. The van der Waals surface area contributed by atoms with E-state index in [0.717, 1.165) is 5.69 Å². The molecule has 0 radical (unpaired) electrons. The first-order valence-electron chi connectivity index (χ1n) is 8.44. The number of aromatic nitrogens is 2. The maximum absolute atomic E-state index is 11.5. The fraction of sp³-hybridized carbons (Fsp3) is 0.105. The first kappa shape index (κ1) is 20.0. The van der Waals surface area contributed by atoms with Crippen LogP contribution < -0.4 is 15.4 Å². The van der Waals surface area contributed by atoms with E-state index >= 15 is 0 Å². The first-order valence-corrected chi connectivity index (χ1v) is 9.56. The summed E-state index contributed by atoms with van der Waals surface area (Å²) >= 11 is 3.24. The van der Waals surface area contributed by atoms with Crippen LogP contribution in [0.25, 0.3) is 0 Å². The standard InChI is InChI=1S/C19H15BrN6O3/c20-8-9-29-15-6-7-16(17(10-15)26(27)28)24-19-22-12-13(11-21)18(25-19)23-14-4-2-1-3-5-14/h1-7,10,12H,8-9H2,(H2,22,23,24,25). The maximum atomic E-state index is 11.5. The highest BCUT2D eigenvalue weighted by molar-refractivity contribution is 9.09. The van der Waals surface area contributed by atoms with Crippen LogP contribution in [0.3, 0.4) is 0 Å². The van der Waals surface area contributed by atoms with Crippen molar-refractivity contribution >= 4 is 44.8 Å². The summed E-state index contributed by atoms with van der Waals surface area (Å²) in [5, 5.41) is 27.2. The molecular weight excluding hydrogens is 440 g/mol. The highest BCUT2D eigenvalue weighted by Crippen LogP contribution is 2.31. The SMILES string of the molecule is N#Cc1cnc(Nc2ccc(OCCBr)cc2[N+](=O)[O-])nc1Nc1ccccc1. The normalized spacial score (nSPS) is 10.1. The van der Waals surface area contributed by atoms with Crippen LogP contribution >= 0.6 is 15.9 Å². The molecule has 1 heterocycles. The number of nitrogens with zero attached hydrogens (tertiary/aromatic N) is 4. The van der Waals surface area contributed by atoms with Crippen LogP contribution in [-0.2, 0) is 0 Å². The van der Waals surface area contributed by atoms with E-state index in [1.165, 1.54) is 18.3 Å². The molecule has 10 heteroatoms. The predicted octanol–water partition coefficient (Wildman–Crippen LogP) is 4.52. The van der Waals surface area contributed by atoms with Gasteiger partial charge >= 0.3 is 0 Å². The zero-order valence-corrected chi connectivity index (χ0v) is 16.6. The molecule has 0 aliphatic carbocycles. The van der Waals surface area contributed by atoms with Crippen molar-refractivity contribution < 1.29 is 9.66 Å². The number of nitrogens with one attached hydrogen (secondary N) is 2. The number of nitro groups is 1. The van der Waals surface area contributed by atoms with Crippen LogP contribution in [0.4, 0.5) is 28.8 Å². The van der Waals surface area contributed by atoms with Gasteiger partial charge in [0.2, 0.25) is 5.95 Å². The average molecular weight is 455 g/mol. The lowest BCUT2D eigenvalue weighted by molar-refractivity contribution is -0.384. The van der Waals surface area contributed by atoms with E-state index < -0.39 is 4.92 Å². The first-order chi connectivity index (χ1) is 14.1. The third-order valence-electron chi connectivity index (χ3n) is 3.70. The number of ether oxygens (including phenoxy) is 1. The van der Waals surface area contributed by atoms with E-state index in [-0.39, 0.29) is 28.7 Å². The van der Waals surface area contributed by atoms with Crippen molar-refractivity contribution in [2.24, 2.45) is 0 Å². The zero-order valence-electron chi connectivity index (χ0n) is 15.0. The highest BCUT2D eigenvalue weighted by atomic mass is 79.9. The van der Waals surface area contributed by atoms with E-state index in [1.807, 2.05) is 36.4 Å². The molecule has 29 heavy (non-hydrogen) atoms. The third-order valence-corrected chi connectivity index (χ3v) is 4.03. The molecule has 0 amide bonds. The predicted molar refractivity (Wildman–Crippen MR) is 112 cm³/mol. The summed E-state index contributed by atoms with van der Waals surface area (Å²) < 4.78 is 5.41. The van der Waals surface area contributed by atoms with Crippen molar-refractivity contribution in [3.63, 3.8) is 0 Å². The van der Waals surface area contributed by atoms with Gasteiger partial charge in [-0.1, -0.05) is 34.1 Å². The third kappa shape index (κ3) is 5.18. The monoisotopic (exact) mass is 454 g/mol. The van der Waals surface area contributed by atoms with Gasteiger partial charge in [0.1, 0.15) is 23.1 Å². The second-order valence-electron chi connectivity index (χ2n) is 5.66. The number of nitro benzene ring substituents is 1. The second kappa shape index (κ2) is 9.48. The Labute approximate surface area is 174 Å². The Hall–Kier alpha value is -3.71. The number of hydrogen-bond donors (Lipinski definition) is 2. The topological polar surface area (TPSA) is 126 Å². The van der Waals surface area contributed by atoms with E-state index in [9.17, 15) is 15.4 Å². The minimum atomic E-state index is -0.518. The molecule has 2 aromatic carbocycles. The second-order valence-corrected chi connectivity index (χ2v) is 6.45. The lowest BCUT2D eigenvalue weighted by Crippen LogP contribution is -2.05. The summed E-state index contributed by atoms with van der Waals surface area (Å²) in [4.78, 5) is 19.3. The smallest absolute Gasteiger partial charge is 0.296 e. The van der Waals surface area contributed by atoms with Crippen molar-refractivity contribution in [3.8, 4) is 11.8 Å². The fourth-order valence-electron chi connectivity index (χ4n) is 2.41. The zero-order chi connectivity index (χ0) is 20.6. The van der Waals surface area contributed by atoms with Gasteiger partial charge in [-0.05, 0) is 24.3 Å². The van der Waals surface area contributed by atoms with E-state index in [4.69, 9.17) is 4.74 Å². The molecule has 1 aromatic heterocycles. The number of alkyl halides is 1. The molecule has 0 spiro atoms. The van der Waals surface area contributed by atoms with Gasteiger partial charge < -0.3 is 15.4 Å². The van der Waals surface area contributed by atoms with Crippen LogP contribution in [-0.4, -0.2) is 26.8 Å². The van der Waals surface area contributed by atoms with Crippen LogP contribution in [0.2, 0.25) is 0 Å². The molecule has 0 aliphatic rings. The Morgan fingerprint density at radius 3 is 2.69 bits per heavy atom. The number of anilines is 4. The van der Waals surface area contributed by atoms with Gasteiger partial charge in [0.05, 0.1) is 23.8 Å².